The molecule has 26 heavy (non-hydrogen) atoms. The zero-order valence-electron chi connectivity index (χ0n) is 16.0. The van der Waals surface area contributed by atoms with Crippen molar-refractivity contribution in [2.45, 2.75) is 69.9 Å². The molecule has 0 spiro atoms. The van der Waals surface area contributed by atoms with Gasteiger partial charge in [-0.2, -0.15) is 8.42 Å². The standard InChI is InChI=1S/C19H29NO5S/c1-15-9-11-17(12-10-15)26(22,23)24-14-6-8-16-7-5-13-20(16)18(21)25-19(2,3)4/h9-12,16H,5-8,13-14H2,1-4H3. The number of hydrogen-bond acceptors (Lipinski definition) is 5. The van der Waals surface area contributed by atoms with Gasteiger partial charge in [0.15, 0.2) is 0 Å². The third-order valence-corrected chi connectivity index (χ3v) is 5.56. The molecule has 0 aromatic heterocycles. The van der Waals surface area contributed by atoms with E-state index >= 15 is 0 Å². The van der Waals surface area contributed by atoms with Gasteiger partial charge in [-0.05, 0) is 65.5 Å². The summed E-state index contributed by atoms with van der Waals surface area (Å²) in [5, 5.41) is 0. The van der Waals surface area contributed by atoms with Crippen molar-refractivity contribution in [2.24, 2.45) is 0 Å². The van der Waals surface area contributed by atoms with Crippen LogP contribution in [0.25, 0.3) is 0 Å². The van der Waals surface area contributed by atoms with E-state index in [1.54, 1.807) is 29.2 Å². The number of carbonyl (C=O) groups excluding carboxylic acids is 1. The normalized spacial score (nSPS) is 18.2. The average Bonchev–Trinajstić information content (AvgIpc) is 2.99. The lowest BCUT2D eigenvalue weighted by Gasteiger charge is -2.28. The predicted octanol–water partition coefficient (Wildman–Crippen LogP) is 3.88. The minimum Gasteiger partial charge on any atom is -0.444 e. The van der Waals surface area contributed by atoms with Gasteiger partial charge >= 0.3 is 6.09 Å². The van der Waals surface area contributed by atoms with Crippen LogP contribution in [0.4, 0.5) is 4.79 Å². The number of carbonyl (C=O) groups is 1. The van der Waals surface area contributed by atoms with Crippen LogP contribution in [0.2, 0.25) is 0 Å². The monoisotopic (exact) mass is 383 g/mol. The zero-order valence-corrected chi connectivity index (χ0v) is 16.8. The van der Waals surface area contributed by atoms with E-state index in [4.69, 9.17) is 8.92 Å². The molecule has 0 radical (unpaired) electrons. The van der Waals surface area contributed by atoms with Gasteiger partial charge in [-0.1, -0.05) is 17.7 Å². The molecule has 146 valence electrons. The maximum Gasteiger partial charge on any atom is 0.410 e. The SMILES string of the molecule is Cc1ccc(S(=O)(=O)OCCCC2CCCN2C(=O)OC(C)(C)C)cc1. The highest BCUT2D eigenvalue weighted by Gasteiger charge is 2.31. The Hall–Kier alpha value is -1.60. The molecular formula is C19H29NO5S. The van der Waals surface area contributed by atoms with Crippen molar-refractivity contribution in [2.75, 3.05) is 13.2 Å². The van der Waals surface area contributed by atoms with Crippen LogP contribution < -0.4 is 0 Å². The highest BCUT2D eigenvalue weighted by atomic mass is 32.2. The Kier molecular flexibility index (Phi) is 6.69. The molecule has 1 aliphatic heterocycles. The van der Waals surface area contributed by atoms with Crippen molar-refractivity contribution in [1.29, 1.82) is 0 Å². The van der Waals surface area contributed by atoms with Crippen molar-refractivity contribution in [1.82, 2.24) is 4.90 Å². The number of nitrogens with zero attached hydrogens (tertiary/aromatic N) is 1. The van der Waals surface area contributed by atoms with Crippen molar-refractivity contribution in [3.8, 4) is 0 Å². The highest BCUT2D eigenvalue weighted by Crippen LogP contribution is 2.24. The number of hydrogen-bond donors (Lipinski definition) is 0. The van der Waals surface area contributed by atoms with E-state index in [2.05, 4.69) is 0 Å². The van der Waals surface area contributed by atoms with Crippen molar-refractivity contribution in [3.05, 3.63) is 29.8 Å². The first-order valence-electron chi connectivity index (χ1n) is 9.04. The van der Waals surface area contributed by atoms with E-state index in [-0.39, 0.29) is 23.6 Å². The zero-order chi connectivity index (χ0) is 19.4. The third kappa shape index (κ3) is 5.99. The summed E-state index contributed by atoms with van der Waals surface area (Å²) in [6.45, 7) is 8.23. The molecule has 0 N–H and O–H groups in total. The Bertz CT molecular complexity index is 706. The van der Waals surface area contributed by atoms with Gasteiger partial charge in [0.2, 0.25) is 0 Å². The highest BCUT2D eigenvalue weighted by molar-refractivity contribution is 7.86. The molecule has 1 heterocycles. The van der Waals surface area contributed by atoms with Crippen LogP contribution in [0.1, 0.15) is 52.0 Å². The van der Waals surface area contributed by atoms with Gasteiger partial charge in [0.1, 0.15) is 5.60 Å². The molecule has 1 aromatic carbocycles. The number of amides is 1. The Labute approximate surface area is 156 Å². The van der Waals surface area contributed by atoms with Crippen molar-refractivity contribution >= 4 is 16.2 Å². The summed E-state index contributed by atoms with van der Waals surface area (Å²) in [4.78, 5) is 14.2. The minimum absolute atomic E-state index is 0.0792. The summed E-state index contributed by atoms with van der Waals surface area (Å²) in [7, 11) is -3.73. The average molecular weight is 384 g/mol. The molecule has 1 saturated heterocycles. The van der Waals surface area contributed by atoms with E-state index < -0.39 is 15.7 Å². The second-order valence-corrected chi connectivity index (χ2v) is 9.32. The van der Waals surface area contributed by atoms with Crippen molar-refractivity contribution in [3.63, 3.8) is 0 Å². The molecule has 0 bridgehead atoms. The molecule has 1 atom stereocenters. The van der Waals surface area contributed by atoms with Gasteiger partial charge in [0.25, 0.3) is 10.1 Å². The van der Waals surface area contributed by atoms with Crippen LogP contribution in [0.5, 0.6) is 0 Å². The Morgan fingerprint density at radius 2 is 1.88 bits per heavy atom. The molecule has 2 rings (SSSR count). The van der Waals surface area contributed by atoms with Crippen LogP contribution in [-0.2, 0) is 19.0 Å². The second-order valence-electron chi connectivity index (χ2n) is 7.70. The predicted molar refractivity (Wildman–Crippen MR) is 99.5 cm³/mol. The van der Waals surface area contributed by atoms with Crippen LogP contribution >= 0.6 is 0 Å². The molecule has 6 nitrogen and oxygen atoms in total. The number of ether oxygens (including phenoxy) is 1. The van der Waals surface area contributed by atoms with Crippen LogP contribution in [-0.4, -0.2) is 44.2 Å². The van der Waals surface area contributed by atoms with Crippen LogP contribution in [0, 0.1) is 6.92 Å². The van der Waals surface area contributed by atoms with E-state index in [0.29, 0.717) is 19.4 Å². The van der Waals surface area contributed by atoms with E-state index in [1.165, 1.54) is 0 Å². The van der Waals surface area contributed by atoms with Crippen LogP contribution in [0.3, 0.4) is 0 Å². The summed E-state index contributed by atoms with van der Waals surface area (Å²) >= 11 is 0. The second kappa shape index (κ2) is 8.39. The Balaban J connectivity index is 1.81. The maximum absolute atomic E-state index is 12.3. The summed E-state index contributed by atoms with van der Waals surface area (Å²) in [6, 6.07) is 6.66. The maximum atomic E-state index is 12.3. The molecule has 1 amide bonds. The summed E-state index contributed by atoms with van der Waals surface area (Å²) in [5.41, 5.74) is 0.475. The van der Waals surface area contributed by atoms with Gasteiger partial charge < -0.3 is 9.64 Å². The van der Waals surface area contributed by atoms with E-state index in [1.807, 2.05) is 27.7 Å². The van der Waals surface area contributed by atoms with Gasteiger partial charge in [0, 0.05) is 12.6 Å². The number of benzene rings is 1. The summed E-state index contributed by atoms with van der Waals surface area (Å²) in [6.07, 6.45) is 2.81. The minimum atomic E-state index is -3.73. The van der Waals surface area contributed by atoms with E-state index in [9.17, 15) is 13.2 Å². The summed E-state index contributed by atoms with van der Waals surface area (Å²) < 4.78 is 34.9. The van der Waals surface area contributed by atoms with Crippen molar-refractivity contribution < 1.29 is 22.1 Å². The largest absolute Gasteiger partial charge is 0.444 e. The molecule has 1 unspecified atom stereocenters. The van der Waals surface area contributed by atoms with Gasteiger partial charge in [-0.3, -0.25) is 4.18 Å². The topological polar surface area (TPSA) is 72.9 Å². The smallest absolute Gasteiger partial charge is 0.410 e. The third-order valence-electron chi connectivity index (χ3n) is 4.23. The molecule has 1 fully saturated rings. The lowest BCUT2D eigenvalue weighted by molar-refractivity contribution is 0.0216. The van der Waals surface area contributed by atoms with Gasteiger partial charge in [0.05, 0.1) is 11.5 Å². The fourth-order valence-electron chi connectivity index (χ4n) is 2.96. The molecule has 1 aliphatic rings. The Morgan fingerprint density at radius 1 is 1.23 bits per heavy atom. The first kappa shape index (κ1) is 20.7. The van der Waals surface area contributed by atoms with Gasteiger partial charge in [-0.15, -0.1) is 0 Å². The number of rotatable bonds is 6. The fraction of sp³-hybridized carbons (Fsp3) is 0.632. The van der Waals surface area contributed by atoms with E-state index in [0.717, 1.165) is 18.4 Å². The fourth-order valence-corrected chi connectivity index (χ4v) is 3.90. The first-order chi connectivity index (χ1) is 12.1. The molecule has 0 aliphatic carbocycles. The lowest BCUT2D eigenvalue weighted by atomic mass is 10.1. The van der Waals surface area contributed by atoms with Gasteiger partial charge in [-0.25, -0.2) is 4.79 Å². The quantitative estimate of drug-likeness (QED) is 0.550. The molecular weight excluding hydrogens is 354 g/mol. The number of likely N-dealkylation sites (tertiary alicyclic amines) is 1. The summed E-state index contributed by atoms with van der Waals surface area (Å²) in [5.74, 6) is 0. The first-order valence-corrected chi connectivity index (χ1v) is 10.4. The molecule has 7 heteroatoms. The molecule has 1 aromatic rings. The Morgan fingerprint density at radius 3 is 2.50 bits per heavy atom. The number of aryl methyl sites for hydroxylation is 1. The molecule has 0 saturated carbocycles. The lowest BCUT2D eigenvalue weighted by Crippen LogP contribution is -2.39. The van der Waals surface area contributed by atoms with Crippen LogP contribution in [0.15, 0.2) is 29.2 Å².